The highest BCUT2D eigenvalue weighted by Crippen LogP contribution is 2.46. The van der Waals surface area contributed by atoms with Crippen molar-refractivity contribution in [1.82, 2.24) is 19.6 Å². The normalized spacial score (nSPS) is 25.6. The SMILES string of the molecule is CCN(CC)C(=O)N1CCC2(CC1)CC1C(=O)N(CC)C(=O)N1C2. The third kappa shape index (κ3) is 2.54. The second-order valence-corrected chi connectivity index (χ2v) is 7.15. The van der Waals surface area contributed by atoms with Crippen molar-refractivity contribution in [2.24, 2.45) is 5.41 Å². The van der Waals surface area contributed by atoms with Gasteiger partial charge in [0.25, 0.3) is 5.91 Å². The van der Waals surface area contributed by atoms with Gasteiger partial charge < -0.3 is 14.7 Å². The zero-order chi connectivity index (χ0) is 17.5. The van der Waals surface area contributed by atoms with Gasteiger partial charge in [-0.25, -0.2) is 9.59 Å². The highest BCUT2D eigenvalue weighted by molar-refractivity contribution is 6.04. The number of carbonyl (C=O) groups is 3. The Bertz CT molecular complexity index is 512. The Kier molecular flexibility index (Phi) is 4.44. The number of amides is 5. The lowest BCUT2D eigenvalue weighted by atomic mass is 9.76. The molecule has 134 valence electrons. The van der Waals surface area contributed by atoms with Gasteiger partial charge in [0, 0.05) is 39.3 Å². The molecule has 7 nitrogen and oxygen atoms in total. The Labute approximate surface area is 143 Å². The lowest BCUT2D eigenvalue weighted by Crippen LogP contribution is -2.50. The molecule has 0 N–H and O–H groups in total. The molecular weight excluding hydrogens is 308 g/mol. The van der Waals surface area contributed by atoms with Gasteiger partial charge >= 0.3 is 12.1 Å². The van der Waals surface area contributed by atoms with Gasteiger partial charge in [0.15, 0.2) is 0 Å². The van der Waals surface area contributed by atoms with Gasteiger partial charge in [-0.3, -0.25) is 9.69 Å². The summed E-state index contributed by atoms with van der Waals surface area (Å²) in [5, 5.41) is 0. The largest absolute Gasteiger partial charge is 0.327 e. The number of rotatable bonds is 3. The van der Waals surface area contributed by atoms with Gasteiger partial charge in [0.05, 0.1) is 0 Å². The fourth-order valence-corrected chi connectivity index (χ4v) is 4.43. The summed E-state index contributed by atoms with van der Waals surface area (Å²) in [7, 11) is 0. The third-order valence-electron chi connectivity index (χ3n) is 5.98. The highest BCUT2D eigenvalue weighted by Gasteiger charge is 2.56. The van der Waals surface area contributed by atoms with E-state index in [1.807, 2.05) is 30.6 Å². The quantitative estimate of drug-likeness (QED) is 0.735. The molecule has 0 saturated carbocycles. The Morgan fingerprint density at radius 3 is 2.29 bits per heavy atom. The summed E-state index contributed by atoms with van der Waals surface area (Å²) < 4.78 is 0. The van der Waals surface area contributed by atoms with Gasteiger partial charge in [-0.05, 0) is 45.4 Å². The standard InChI is InChI=1S/C17H28N4O3/c1-4-18(5-2)15(23)19-9-7-17(8-10-19)11-13-14(22)20(6-3)16(24)21(13)12-17/h13H,4-12H2,1-3H3. The van der Waals surface area contributed by atoms with Crippen LogP contribution in [0.2, 0.25) is 0 Å². The van der Waals surface area contributed by atoms with E-state index in [9.17, 15) is 14.4 Å². The van der Waals surface area contributed by atoms with Crippen LogP contribution < -0.4 is 0 Å². The van der Waals surface area contributed by atoms with Gasteiger partial charge in [0.2, 0.25) is 0 Å². The average Bonchev–Trinajstić information content (AvgIpc) is 3.05. The summed E-state index contributed by atoms with van der Waals surface area (Å²) in [4.78, 5) is 44.1. The number of hydrogen-bond acceptors (Lipinski definition) is 3. The van der Waals surface area contributed by atoms with Crippen LogP contribution in [0.3, 0.4) is 0 Å². The molecule has 1 spiro atoms. The number of likely N-dealkylation sites (N-methyl/N-ethyl adjacent to an activating group) is 1. The van der Waals surface area contributed by atoms with Crippen LogP contribution in [0.4, 0.5) is 9.59 Å². The van der Waals surface area contributed by atoms with E-state index in [1.165, 1.54) is 4.90 Å². The number of carbonyl (C=O) groups excluding carboxylic acids is 3. The predicted octanol–water partition coefficient (Wildman–Crippen LogP) is 1.59. The molecule has 3 aliphatic rings. The van der Waals surface area contributed by atoms with Gasteiger partial charge in [-0.15, -0.1) is 0 Å². The number of fused-ring (bicyclic) bond motifs is 1. The molecule has 3 rings (SSSR count). The van der Waals surface area contributed by atoms with Crippen molar-refractivity contribution in [2.45, 2.75) is 46.1 Å². The van der Waals surface area contributed by atoms with Gasteiger partial charge in [0.1, 0.15) is 6.04 Å². The number of hydrogen-bond donors (Lipinski definition) is 0. The van der Waals surface area contributed by atoms with E-state index in [4.69, 9.17) is 0 Å². The minimum atomic E-state index is -0.275. The molecule has 3 heterocycles. The van der Waals surface area contributed by atoms with Crippen molar-refractivity contribution in [3.63, 3.8) is 0 Å². The molecular formula is C17H28N4O3. The van der Waals surface area contributed by atoms with E-state index >= 15 is 0 Å². The number of piperidine rings is 1. The smallest absolute Gasteiger partial charge is 0.325 e. The van der Waals surface area contributed by atoms with Crippen LogP contribution >= 0.6 is 0 Å². The summed E-state index contributed by atoms with van der Waals surface area (Å²) in [6.07, 6.45) is 2.50. The topological polar surface area (TPSA) is 64.2 Å². The average molecular weight is 336 g/mol. The maximum absolute atomic E-state index is 12.5. The van der Waals surface area contributed by atoms with E-state index in [0.717, 1.165) is 45.4 Å². The number of likely N-dealkylation sites (tertiary alicyclic amines) is 1. The van der Waals surface area contributed by atoms with Gasteiger partial charge in [-0.1, -0.05) is 0 Å². The van der Waals surface area contributed by atoms with E-state index in [-0.39, 0.29) is 29.4 Å². The third-order valence-corrected chi connectivity index (χ3v) is 5.98. The van der Waals surface area contributed by atoms with E-state index < -0.39 is 0 Å². The minimum Gasteiger partial charge on any atom is -0.325 e. The Hall–Kier alpha value is -1.79. The van der Waals surface area contributed by atoms with E-state index in [1.54, 1.807) is 4.90 Å². The molecule has 3 saturated heterocycles. The zero-order valence-electron chi connectivity index (χ0n) is 15.0. The molecule has 3 aliphatic heterocycles. The Morgan fingerprint density at radius 1 is 1.17 bits per heavy atom. The second kappa shape index (κ2) is 6.26. The van der Waals surface area contributed by atoms with Crippen LogP contribution in [0.15, 0.2) is 0 Å². The maximum atomic E-state index is 12.5. The second-order valence-electron chi connectivity index (χ2n) is 7.15. The first-order valence-corrected chi connectivity index (χ1v) is 9.12. The maximum Gasteiger partial charge on any atom is 0.327 e. The first-order chi connectivity index (χ1) is 11.5. The molecule has 0 bridgehead atoms. The molecule has 7 heteroatoms. The number of imide groups is 1. The molecule has 0 aromatic rings. The zero-order valence-corrected chi connectivity index (χ0v) is 15.0. The number of nitrogens with zero attached hydrogens (tertiary/aromatic N) is 4. The van der Waals surface area contributed by atoms with Crippen molar-refractivity contribution in [3.05, 3.63) is 0 Å². The molecule has 0 aliphatic carbocycles. The van der Waals surface area contributed by atoms with Crippen LogP contribution in [-0.4, -0.2) is 82.9 Å². The van der Waals surface area contributed by atoms with Gasteiger partial charge in [-0.2, -0.15) is 0 Å². The van der Waals surface area contributed by atoms with E-state index in [2.05, 4.69) is 0 Å². The Balaban J connectivity index is 1.63. The number of urea groups is 2. The van der Waals surface area contributed by atoms with Crippen LogP contribution in [0.1, 0.15) is 40.0 Å². The first kappa shape index (κ1) is 17.0. The predicted molar refractivity (Wildman–Crippen MR) is 89.5 cm³/mol. The van der Waals surface area contributed by atoms with E-state index in [0.29, 0.717) is 13.1 Å². The molecule has 3 fully saturated rings. The molecule has 1 atom stereocenters. The molecule has 24 heavy (non-hydrogen) atoms. The van der Waals surface area contributed by atoms with Crippen molar-refractivity contribution < 1.29 is 14.4 Å². The molecule has 0 aromatic carbocycles. The van der Waals surface area contributed by atoms with Crippen LogP contribution in [0, 0.1) is 5.41 Å². The van der Waals surface area contributed by atoms with Crippen molar-refractivity contribution in [3.8, 4) is 0 Å². The molecule has 0 radical (unpaired) electrons. The highest BCUT2D eigenvalue weighted by atomic mass is 16.2. The molecule has 1 unspecified atom stereocenters. The molecule has 0 aromatic heterocycles. The fourth-order valence-electron chi connectivity index (χ4n) is 4.43. The molecule has 5 amide bonds. The van der Waals surface area contributed by atoms with Crippen LogP contribution in [0.5, 0.6) is 0 Å². The van der Waals surface area contributed by atoms with Crippen molar-refractivity contribution in [2.75, 3.05) is 39.3 Å². The lowest BCUT2D eigenvalue weighted by molar-refractivity contribution is -0.128. The fraction of sp³-hybridized carbons (Fsp3) is 0.824. The lowest BCUT2D eigenvalue weighted by Gasteiger charge is -2.41. The van der Waals surface area contributed by atoms with Crippen LogP contribution in [0.25, 0.3) is 0 Å². The van der Waals surface area contributed by atoms with Crippen LogP contribution in [-0.2, 0) is 4.79 Å². The van der Waals surface area contributed by atoms with Crippen molar-refractivity contribution in [1.29, 1.82) is 0 Å². The summed E-state index contributed by atoms with van der Waals surface area (Å²) in [6, 6.07) is -0.300. The first-order valence-electron chi connectivity index (χ1n) is 9.12. The summed E-state index contributed by atoms with van der Waals surface area (Å²) in [6.45, 7) is 9.82. The Morgan fingerprint density at radius 2 is 1.79 bits per heavy atom. The van der Waals surface area contributed by atoms with Crippen molar-refractivity contribution >= 4 is 18.0 Å². The summed E-state index contributed by atoms with van der Waals surface area (Å²) in [5.74, 6) is -0.0407. The monoisotopic (exact) mass is 336 g/mol. The minimum absolute atomic E-state index is 0.00978. The summed E-state index contributed by atoms with van der Waals surface area (Å²) >= 11 is 0. The summed E-state index contributed by atoms with van der Waals surface area (Å²) in [5.41, 5.74) is 0.00978.